The normalized spacial score (nSPS) is 12.4. The van der Waals surface area contributed by atoms with E-state index in [0.29, 0.717) is 0 Å². The molecule has 0 fully saturated rings. The van der Waals surface area contributed by atoms with Gasteiger partial charge >= 0.3 is 0 Å². The number of nitrogen functional groups attached to an aromatic ring is 1. The first kappa shape index (κ1) is 23.1. The zero-order chi connectivity index (χ0) is 18.9. The van der Waals surface area contributed by atoms with Gasteiger partial charge in [0.05, 0.1) is 0 Å². The predicted molar refractivity (Wildman–Crippen MR) is 119 cm³/mol. The van der Waals surface area contributed by atoms with Crippen molar-refractivity contribution in [3.8, 4) is 0 Å². The molecular weight excluding hydrogens is 314 g/mol. The van der Waals surface area contributed by atoms with E-state index in [2.05, 4.69) is 38.1 Å². The Balaban J connectivity index is 2.07. The standard InChI is InChI=1S/C25H45N/c1-3-5-7-8-9-10-11-12-13-14-15-16-18-23(17-6-4-2)24-19-21-25(26)22-20-24/h19-23H,3-18,26H2,1-2H3. The van der Waals surface area contributed by atoms with Gasteiger partial charge in [0, 0.05) is 5.69 Å². The van der Waals surface area contributed by atoms with Gasteiger partial charge in [0.15, 0.2) is 0 Å². The Morgan fingerprint density at radius 2 is 1.00 bits per heavy atom. The highest BCUT2D eigenvalue weighted by atomic mass is 14.5. The summed E-state index contributed by atoms with van der Waals surface area (Å²) in [6.45, 7) is 4.59. The quantitative estimate of drug-likeness (QED) is 0.218. The Bertz CT molecular complexity index is 409. The van der Waals surface area contributed by atoms with Crippen LogP contribution in [-0.2, 0) is 0 Å². The van der Waals surface area contributed by atoms with Crippen molar-refractivity contribution < 1.29 is 0 Å². The van der Waals surface area contributed by atoms with Crippen molar-refractivity contribution >= 4 is 5.69 Å². The van der Waals surface area contributed by atoms with Crippen LogP contribution in [0.2, 0.25) is 0 Å². The molecule has 1 rings (SSSR count). The number of anilines is 1. The fraction of sp³-hybridized carbons (Fsp3) is 0.760. The molecule has 0 saturated carbocycles. The van der Waals surface area contributed by atoms with Crippen molar-refractivity contribution in [2.75, 3.05) is 5.73 Å². The molecule has 0 aliphatic rings. The molecule has 1 nitrogen and oxygen atoms in total. The summed E-state index contributed by atoms with van der Waals surface area (Å²) in [6, 6.07) is 8.62. The number of hydrogen-bond acceptors (Lipinski definition) is 1. The van der Waals surface area contributed by atoms with Crippen LogP contribution in [0.3, 0.4) is 0 Å². The smallest absolute Gasteiger partial charge is 0.0314 e. The highest BCUT2D eigenvalue weighted by Gasteiger charge is 2.10. The summed E-state index contributed by atoms with van der Waals surface area (Å²) in [5.41, 5.74) is 8.23. The first-order valence-corrected chi connectivity index (χ1v) is 11.6. The lowest BCUT2D eigenvalue weighted by atomic mass is 9.88. The largest absolute Gasteiger partial charge is 0.399 e. The van der Waals surface area contributed by atoms with Crippen LogP contribution in [0.15, 0.2) is 24.3 Å². The second kappa shape index (κ2) is 16.2. The van der Waals surface area contributed by atoms with E-state index in [4.69, 9.17) is 5.73 Å². The van der Waals surface area contributed by atoms with Crippen LogP contribution in [0.4, 0.5) is 5.69 Å². The van der Waals surface area contributed by atoms with Crippen LogP contribution in [0.1, 0.15) is 128 Å². The Kier molecular flexibility index (Phi) is 14.4. The monoisotopic (exact) mass is 359 g/mol. The first-order valence-electron chi connectivity index (χ1n) is 11.6. The number of benzene rings is 1. The summed E-state index contributed by atoms with van der Waals surface area (Å²) in [6.07, 6.45) is 22.5. The topological polar surface area (TPSA) is 26.0 Å². The molecular formula is C25H45N. The molecule has 1 aromatic carbocycles. The highest BCUT2D eigenvalue weighted by Crippen LogP contribution is 2.28. The molecule has 0 spiro atoms. The second-order valence-corrected chi connectivity index (χ2v) is 8.18. The first-order chi connectivity index (χ1) is 12.8. The second-order valence-electron chi connectivity index (χ2n) is 8.18. The molecule has 0 aliphatic heterocycles. The molecule has 0 aromatic heterocycles. The Morgan fingerprint density at radius 1 is 0.577 bits per heavy atom. The maximum absolute atomic E-state index is 5.85. The minimum atomic E-state index is 0.735. The zero-order valence-corrected chi connectivity index (χ0v) is 17.8. The molecule has 0 amide bonds. The Hall–Kier alpha value is -0.980. The van der Waals surface area contributed by atoms with Gasteiger partial charge in [-0.3, -0.25) is 0 Å². The number of unbranched alkanes of at least 4 members (excludes halogenated alkanes) is 12. The van der Waals surface area contributed by atoms with Crippen molar-refractivity contribution in [1.82, 2.24) is 0 Å². The Labute approximate surface area is 164 Å². The fourth-order valence-corrected chi connectivity index (χ4v) is 3.93. The van der Waals surface area contributed by atoms with Crippen LogP contribution in [0, 0.1) is 0 Å². The highest BCUT2D eigenvalue weighted by molar-refractivity contribution is 5.40. The molecule has 1 aromatic rings. The van der Waals surface area contributed by atoms with Gasteiger partial charge in [-0.15, -0.1) is 0 Å². The van der Waals surface area contributed by atoms with Crippen LogP contribution in [-0.4, -0.2) is 0 Å². The summed E-state index contributed by atoms with van der Waals surface area (Å²) >= 11 is 0. The number of hydrogen-bond donors (Lipinski definition) is 1. The van der Waals surface area contributed by atoms with E-state index in [9.17, 15) is 0 Å². The molecule has 2 N–H and O–H groups in total. The van der Waals surface area contributed by atoms with Crippen molar-refractivity contribution in [2.24, 2.45) is 0 Å². The molecule has 0 radical (unpaired) electrons. The molecule has 1 heteroatoms. The van der Waals surface area contributed by atoms with E-state index < -0.39 is 0 Å². The van der Waals surface area contributed by atoms with Crippen molar-refractivity contribution in [2.45, 2.75) is 122 Å². The third-order valence-electron chi connectivity index (χ3n) is 5.72. The number of rotatable bonds is 17. The van der Waals surface area contributed by atoms with E-state index in [-0.39, 0.29) is 0 Å². The van der Waals surface area contributed by atoms with Gasteiger partial charge in [-0.2, -0.15) is 0 Å². The van der Waals surface area contributed by atoms with Gasteiger partial charge in [0.25, 0.3) is 0 Å². The lowest BCUT2D eigenvalue weighted by Crippen LogP contribution is -2.00. The van der Waals surface area contributed by atoms with Crippen LogP contribution < -0.4 is 5.73 Å². The van der Waals surface area contributed by atoms with Gasteiger partial charge in [0.2, 0.25) is 0 Å². The van der Waals surface area contributed by atoms with Gasteiger partial charge in [-0.25, -0.2) is 0 Å². The molecule has 0 aliphatic carbocycles. The summed E-state index contributed by atoms with van der Waals surface area (Å²) in [7, 11) is 0. The fourth-order valence-electron chi connectivity index (χ4n) is 3.93. The van der Waals surface area contributed by atoms with Crippen molar-refractivity contribution in [1.29, 1.82) is 0 Å². The summed E-state index contributed by atoms with van der Waals surface area (Å²) in [5, 5.41) is 0. The summed E-state index contributed by atoms with van der Waals surface area (Å²) < 4.78 is 0. The van der Waals surface area contributed by atoms with Crippen molar-refractivity contribution in [3.05, 3.63) is 29.8 Å². The average Bonchev–Trinajstić information content (AvgIpc) is 2.66. The third-order valence-corrected chi connectivity index (χ3v) is 5.72. The maximum atomic E-state index is 5.85. The van der Waals surface area contributed by atoms with Gasteiger partial charge in [-0.05, 0) is 36.5 Å². The maximum Gasteiger partial charge on any atom is 0.0314 e. The number of nitrogens with two attached hydrogens (primary N) is 1. The molecule has 26 heavy (non-hydrogen) atoms. The van der Waals surface area contributed by atoms with E-state index in [1.807, 2.05) is 0 Å². The molecule has 150 valence electrons. The van der Waals surface area contributed by atoms with Gasteiger partial charge in [-0.1, -0.05) is 116 Å². The van der Waals surface area contributed by atoms with Crippen molar-refractivity contribution in [3.63, 3.8) is 0 Å². The SMILES string of the molecule is CCCCCCCCCCCCCCC(CCCC)c1ccc(N)cc1. The van der Waals surface area contributed by atoms with E-state index >= 15 is 0 Å². The van der Waals surface area contributed by atoms with Gasteiger partial charge < -0.3 is 5.73 Å². The lowest BCUT2D eigenvalue weighted by Gasteiger charge is -2.17. The van der Waals surface area contributed by atoms with E-state index in [1.165, 1.54) is 108 Å². The molecule has 1 atom stereocenters. The molecule has 0 heterocycles. The van der Waals surface area contributed by atoms with Crippen LogP contribution >= 0.6 is 0 Å². The summed E-state index contributed by atoms with van der Waals surface area (Å²) in [5.74, 6) is 0.735. The lowest BCUT2D eigenvalue weighted by molar-refractivity contribution is 0.495. The zero-order valence-electron chi connectivity index (χ0n) is 17.8. The minimum Gasteiger partial charge on any atom is -0.399 e. The summed E-state index contributed by atoms with van der Waals surface area (Å²) in [4.78, 5) is 0. The average molecular weight is 360 g/mol. The van der Waals surface area contributed by atoms with Gasteiger partial charge in [0.1, 0.15) is 0 Å². The van der Waals surface area contributed by atoms with Crippen LogP contribution in [0.5, 0.6) is 0 Å². The minimum absolute atomic E-state index is 0.735. The molecule has 1 unspecified atom stereocenters. The van der Waals surface area contributed by atoms with E-state index in [0.717, 1.165) is 11.6 Å². The molecule has 0 saturated heterocycles. The molecule has 0 bridgehead atoms. The third kappa shape index (κ3) is 11.6. The van der Waals surface area contributed by atoms with Crippen LogP contribution in [0.25, 0.3) is 0 Å². The predicted octanol–water partition coefficient (Wildman–Crippen LogP) is 8.63. The Morgan fingerprint density at radius 3 is 1.50 bits per heavy atom. The van der Waals surface area contributed by atoms with E-state index in [1.54, 1.807) is 0 Å².